The van der Waals surface area contributed by atoms with Crippen LogP contribution in [-0.2, 0) is 10.2 Å². The Balaban J connectivity index is 1.41. The molecule has 0 saturated heterocycles. The molecule has 2 atom stereocenters. The number of aromatic carboxylic acids is 1. The maximum Gasteiger partial charge on any atom is 0.335 e. The number of carboxylic acids is 1. The zero-order chi connectivity index (χ0) is 23.4. The van der Waals surface area contributed by atoms with Crippen molar-refractivity contribution in [1.82, 2.24) is 5.48 Å². The highest BCUT2D eigenvalue weighted by Crippen LogP contribution is 2.64. The number of hydroxylamine groups is 1. The Bertz CT molecular complexity index is 1360. The van der Waals surface area contributed by atoms with Crippen LogP contribution in [0.2, 0.25) is 0 Å². The van der Waals surface area contributed by atoms with E-state index in [1.54, 1.807) is 23.2 Å². The predicted octanol–water partition coefficient (Wildman–Crippen LogP) is 5.09. The lowest BCUT2D eigenvalue weighted by Gasteiger charge is -2.58. The molecule has 4 bridgehead atoms. The summed E-state index contributed by atoms with van der Waals surface area (Å²) in [5.41, 5.74) is 6.77. The van der Waals surface area contributed by atoms with Crippen molar-refractivity contribution in [1.29, 1.82) is 0 Å². The highest BCUT2D eigenvalue weighted by Gasteiger charge is 2.54. The summed E-state index contributed by atoms with van der Waals surface area (Å²) in [4.78, 5) is 22.9. The van der Waals surface area contributed by atoms with Crippen molar-refractivity contribution in [3.05, 3.63) is 77.4 Å². The fourth-order valence-electron chi connectivity index (χ4n) is 6.34. The van der Waals surface area contributed by atoms with E-state index in [-0.39, 0.29) is 17.6 Å². The largest absolute Gasteiger partial charge is 0.483 e. The molecule has 3 aromatic carbocycles. The average molecular weight is 456 g/mol. The van der Waals surface area contributed by atoms with Crippen LogP contribution >= 0.6 is 0 Å². The van der Waals surface area contributed by atoms with Gasteiger partial charge in [-0.1, -0.05) is 35.9 Å². The zero-order valence-corrected chi connectivity index (χ0v) is 18.6. The second-order valence-electron chi connectivity index (χ2n) is 9.84. The van der Waals surface area contributed by atoms with Gasteiger partial charge in [0, 0.05) is 11.0 Å². The number of rotatable bonds is 6. The minimum Gasteiger partial charge on any atom is -0.483 e. The molecule has 2 unspecified atom stereocenters. The van der Waals surface area contributed by atoms with Gasteiger partial charge < -0.3 is 9.84 Å². The summed E-state index contributed by atoms with van der Waals surface area (Å²) in [5.74, 6) is 0.496. The van der Waals surface area contributed by atoms with E-state index >= 15 is 0 Å². The number of carbonyl (C=O) groups excluding carboxylic acids is 1. The van der Waals surface area contributed by atoms with E-state index < -0.39 is 11.9 Å². The Morgan fingerprint density at radius 1 is 0.971 bits per heavy atom. The van der Waals surface area contributed by atoms with Gasteiger partial charge in [0.15, 0.2) is 6.61 Å². The van der Waals surface area contributed by atoms with Crippen molar-refractivity contribution in [2.45, 2.75) is 31.1 Å². The number of hydrogen-bond acceptors (Lipinski definition) is 4. The Kier molecular flexibility index (Phi) is 4.74. The molecule has 3 fully saturated rings. The van der Waals surface area contributed by atoms with Gasteiger partial charge in [0.05, 0.1) is 5.56 Å². The molecule has 3 aromatic rings. The van der Waals surface area contributed by atoms with E-state index in [4.69, 9.17) is 9.94 Å². The van der Waals surface area contributed by atoms with E-state index in [1.165, 1.54) is 6.42 Å². The quantitative estimate of drug-likeness (QED) is 0.273. The number of allylic oxidation sites excluding steroid dienone is 2. The molecular formula is C28H25NO5. The summed E-state index contributed by atoms with van der Waals surface area (Å²) in [7, 11) is 0. The lowest BCUT2D eigenvalue weighted by Crippen LogP contribution is -2.49. The molecule has 0 aromatic heterocycles. The van der Waals surface area contributed by atoms with Crippen molar-refractivity contribution in [2.24, 2.45) is 11.8 Å². The molecule has 8 rings (SSSR count). The minimum absolute atomic E-state index is 0.00358. The van der Waals surface area contributed by atoms with Crippen LogP contribution in [-0.4, -0.2) is 28.8 Å². The van der Waals surface area contributed by atoms with Crippen molar-refractivity contribution >= 4 is 22.6 Å². The number of hydrogen-bond donors (Lipinski definition) is 3. The van der Waals surface area contributed by atoms with Crippen LogP contribution in [0.15, 0.2) is 66.2 Å². The molecule has 5 aliphatic rings. The molecule has 0 spiro atoms. The SMILES string of the molecule is O=C(COc1ccc(-c2ccc3cc(C(=O)O)ccc3c2)cc1C12CC=C3C(CC3C1)C2)NO. The molecule has 6 heteroatoms. The average Bonchev–Trinajstić information content (AvgIpc) is 2.86. The van der Waals surface area contributed by atoms with Gasteiger partial charge in [-0.2, -0.15) is 0 Å². The van der Waals surface area contributed by atoms with Crippen molar-refractivity contribution in [2.75, 3.05) is 6.61 Å². The molecule has 3 N–H and O–H groups in total. The van der Waals surface area contributed by atoms with Gasteiger partial charge in [0.25, 0.3) is 5.91 Å². The van der Waals surface area contributed by atoms with E-state index in [9.17, 15) is 14.7 Å². The first-order valence-electron chi connectivity index (χ1n) is 11.6. The summed E-state index contributed by atoms with van der Waals surface area (Å²) in [6, 6.07) is 17.3. The molecule has 1 amide bonds. The van der Waals surface area contributed by atoms with E-state index in [2.05, 4.69) is 18.2 Å². The standard InChI is InChI=1S/C28H25NO5/c30-26(29-33)15-34-25-6-5-19(12-24(25)28-8-7-23-21(13-28)11-22(23)14-28)17-1-2-18-10-20(27(31)32)4-3-16(18)9-17/h1-7,9-10,12,21-22,33H,8,11,13-15H2,(H,29,30)(H,31,32). The lowest BCUT2D eigenvalue weighted by atomic mass is 9.46. The van der Waals surface area contributed by atoms with Crippen LogP contribution < -0.4 is 10.2 Å². The summed E-state index contributed by atoms with van der Waals surface area (Å²) >= 11 is 0. The van der Waals surface area contributed by atoms with E-state index in [0.29, 0.717) is 17.6 Å². The van der Waals surface area contributed by atoms with Gasteiger partial charge >= 0.3 is 5.97 Å². The van der Waals surface area contributed by atoms with Crippen LogP contribution in [0.1, 0.15) is 41.6 Å². The summed E-state index contributed by atoms with van der Waals surface area (Å²) < 4.78 is 5.89. The Hall–Kier alpha value is -3.64. The fraction of sp³-hybridized carbons (Fsp3) is 0.286. The van der Waals surface area contributed by atoms with Gasteiger partial charge in [-0.15, -0.1) is 0 Å². The van der Waals surface area contributed by atoms with Crippen LogP contribution in [0.5, 0.6) is 5.75 Å². The smallest absolute Gasteiger partial charge is 0.335 e. The molecule has 0 radical (unpaired) electrons. The summed E-state index contributed by atoms with van der Waals surface area (Å²) in [5, 5.41) is 20.0. The number of ether oxygens (including phenoxy) is 1. The van der Waals surface area contributed by atoms with Crippen LogP contribution in [0.3, 0.4) is 0 Å². The molecule has 34 heavy (non-hydrogen) atoms. The minimum atomic E-state index is -0.935. The van der Waals surface area contributed by atoms with Crippen LogP contribution in [0, 0.1) is 11.8 Å². The monoisotopic (exact) mass is 455 g/mol. The first-order valence-corrected chi connectivity index (χ1v) is 11.6. The van der Waals surface area contributed by atoms with Gasteiger partial charge in [-0.25, -0.2) is 10.3 Å². The number of fused-ring (bicyclic) bond motifs is 2. The van der Waals surface area contributed by atoms with Crippen molar-refractivity contribution in [3.63, 3.8) is 0 Å². The molecule has 0 heterocycles. The first-order chi connectivity index (χ1) is 16.5. The maximum atomic E-state index is 11.6. The third-order valence-corrected chi connectivity index (χ3v) is 7.97. The topological polar surface area (TPSA) is 95.9 Å². The van der Waals surface area contributed by atoms with Gasteiger partial charge in [0.2, 0.25) is 0 Å². The Morgan fingerprint density at radius 3 is 2.41 bits per heavy atom. The predicted molar refractivity (Wildman–Crippen MR) is 127 cm³/mol. The molecule has 3 saturated carbocycles. The van der Waals surface area contributed by atoms with E-state index in [1.807, 2.05) is 30.3 Å². The molecular weight excluding hydrogens is 430 g/mol. The zero-order valence-electron chi connectivity index (χ0n) is 18.6. The maximum absolute atomic E-state index is 11.6. The third-order valence-electron chi connectivity index (χ3n) is 7.97. The van der Waals surface area contributed by atoms with Crippen LogP contribution in [0.4, 0.5) is 0 Å². The fourth-order valence-corrected chi connectivity index (χ4v) is 6.34. The number of carboxylic acid groups (broad SMARTS) is 1. The van der Waals surface area contributed by atoms with Gasteiger partial charge in [-0.3, -0.25) is 10.0 Å². The Morgan fingerprint density at radius 2 is 1.68 bits per heavy atom. The molecule has 0 aliphatic heterocycles. The first kappa shape index (κ1) is 20.9. The number of nitrogens with one attached hydrogen (secondary N) is 1. The highest BCUT2D eigenvalue weighted by molar-refractivity contribution is 5.95. The number of carbonyl (C=O) groups is 2. The second-order valence-corrected chi connectivity index (χ2v) is 9.84. The second kappa shape index (κ2) is 7.71. The highest BCUT2D eigenvalue weighted by atomic mass is 16.5. The van der Waals surface area contributed by atoms with Crippen LogP contribution in [0.25, 0.3) is 21.9 Å². The van der Waals surface area contributed by atoms with Crippen molar-refractivity contribution in [3.8, 4) is 16.9 Å². The van der Waals surface area contributed by atoms with Gasteiger partial charge in [-0.05, 0) is 89.8 Å². The molecule has 172 valence electrons. The Labute approximate surface area is 196 Å². The van der Waals surface area contributed by atoms with Gasteiger partial charge in [0.1, 0.15) is 5.75 Å². The number of benzene rings is 3. The normalized spacial score (nSPS) is 24.3. The third kappa shape index (κ3) is 3.29. The number of amides is 1. The molecule has 5 aliphatic carbocycles. The molecule has 6 nitrogen and oxygen atoms in total. The summed E-state index contributed by atoms with van der Waals surface area (Å²) in [6.07, 6.45) is 6.89. The van der Waals surface area contributed by atoms with E-state index in [0.717, 1.165) is 46.7 Å². The summed E-state index contributed by atoms with van der Waals surface area (Å²) in [6.45, 7) is -0.241. The van der Waals surface area contributed by atoms with Crippen molar-refractivity contribution < 1.29 is 24.6 Å². The lowest BCUT2D eigenvalue weighted by molar-refractivity contribution is -0.131.